The van der Waals surface area contributed by atoms with Crippen LogP contribution in [0.25, 0.3) is 17.1 Å². The van der Waals surface area contributed by atoms with Gasteiger partial charge in [0.05, 0.1) is 23.2 Å². The normalized spacial score (nSPS) is 16.2. The summed E-state index contributed by atoms with van der Waals surface area (Å²) in [4.78, 5) is 13.7. The molecule has 30 heavy (non-hydrogen) atoms. The molecule has 0 amide bonds. The molecule has 5 aromatic heterocycles. The van der Waals surface area contributed by atoms with Gasteiger partial charge >= 0.3 is 6.01 Å². The van der Waals surface area contributed by atoms with E-state index in [1.807, 2.05) is 39.9 Å². The van der Waals surface area contributed by atoms with Gasteiger partial charge in [-0.2, -0.15) is 5.10 Å². The molecule has 9 nitrogen and oxygen atoms in total. The first-order valence-corrected chi connectivity index (χ1v) is 9.45. The van der Waals surface area contributed by atoms with E-state index in [0.29, 0.717) is 6.54 Å². The van der Waals surface area contributed by atoms with Crippen molar-refractivity contribution >= 4 is 11.5 Å². The summed E-state index contributed by atoms with van der Waals surface area (Å²) in [5, 5.41) is 12.9. The zero-order valence-electron chi connectivity index (χ0n) is 15.6. The van der Waals surface area contributed by atoms with Crippen LogP contribution in [0.15, 0.2) is 59.5 Å². The van der Waals surface area contributed by atoms with Gasteiger partial charge in [-0.05, 0) is 30.3 Å². The molecule has 1 atom stereocenters. The maximum atomic E-state index is 14.1. The third-order valence-electron chi connectivity index (χ3n) is 5.22. The molecule has 0 fully saturated rings. The van der Waals surface area contributed by atoms with Crippen LogP contribution in [0.3, 0.4) is 0 Å². The third-order valence-corrected chi connectivity index (χ3v) is 5.22. The fraction of sp³-hybridized carbons (Fsp3) is 0.150. The number of hydrogen-bond donors (Lipinski definition) is 1. The van der Waals surface area contributed by atoms with Crippen molar-refractivity contribution in [3.8, 4) is 11.6 Å². The molecule has 0 unspecified atom stereocenters. The number of aromatic amines is 1. The lowest BCUT2D eigenvalue weighted by molar-refractivity contribution is 0.499. The van der Waals surface area contributed by atoms with E-state index in [9.17, 15) is 4.39 Å². The van der Waals surface area contributed by atoms with Crippen LogP contribution >= 0.6 is 0 Å². The number of H-pyrrole nitrogens is 1. The Labute approximate surface area is 169 Å². The number of pyridine rings is 2. The minimum Gasteiger partial charge on any atom is -0.401 e. The van der Waals surface area contributed by atoms with Crippen LogP contribution in [-0.2, 0) is 6.42 Å². The molecule has 0 bridgehead atoms. The molecular formula is C20H15FN8O. The van der Waals surface area contributed by atoms with E-state index in [-0.39, 0.29) is 23.6 Å². The highest BCUT2D eigenvalue weighted by molar-refractivity contribution is 5.53. The lowest BCUT2D eigenvalue weighted by Gasteiger charge is -2.32. The maximum absolute atomic E-state index is 14.1. The number of rotatable bonds is 3. The number of hydrogen-bond acceptors (Lipinski definition) is 7. The van der Waals surface area contributed by atoms with Crippen LogP contribution in [0.2, 0.25) is 0 Å². The first kappa shape index (κ1) is 16.8. The van der Waals surface area contributed by atoms with Crippen LogP contribution < -0.4 is 4.90 Å². The highest BCUT2D eigenvalue weighted by Crippen LogP contribution is 2.37. The second-order valence-electron chi connectivity index (χ2n) is 6.98. The zero-order valence-corrected chi connectivity index (χ0v) is 15.6. The molecule has 1 aliphatic heterocycles. The van der Waals surface area contributed by atoms with Crippen molar-refractivity contribution in [2.75, 3.05) is 11.4 Å². The van der Waals surface area contributed by atoms with Gasteiger partial charge in [-0.25, -0.2) is 18.9 Å². The Morgan fingerprint density at radius 1 is 1.13 bits per heavy atom. The van der Waals surface area contributed by atoms with E-state index in [0.717, 1.165) is 29.0 Å². The molecule has 6 heterocycles. The molecule has 0 saturated carbocycles. The lowest BCUT2D eigenvalue weighted by Crippen LogP contribution is -2.36. The van der Waals surface area contributed by atoms with E-state index < -0.39 is 5.82 Å². The van der Waals surface area contributed by atoms with Gasteiger partial charge in [-0.3, -0.25) is 0 Å². The number of aromatic nitrogens is 7. The second-order valence-corrected chi connectivity index (χ2v) is 6.98. The quantitative estimate of drug-likeness (QED) is 0.495. The van der Waals surface area contributed by atoms with Crippen molar-refractivity contribution in [3.63, 3.8) is 0 Å². The predicted molar refractivity (Wildman–Crippen MR) is 104 cm³/mol. The Morgan fingerprint density at radius 2 is 2.10 bits per heavy atom. The van der Waals surface area contributed by atoms with Gasteiger partial charge in [0.25, 0.3) is 5.89 Å². The number of halogens is 1. The summed E-state index contributed by atoms with van der Waals surface area (Å²) in [6.45, 7) is 0.611. The molecular weight excluding hydrogens is 387 g/mol. The summed E-state index contributed by atoms with van der Waals surface area (Å²) in [7, 11) is 0. The number of anilines is 1. The smallest absolute Gasteiger partial charge is 0.319 e. The first-order valence-electron chi connectivity index (χ1n) is 9.45. The van der Waals surface area contributed by atoms with Crippen molar-refractivity contribution in [1.29, 1.82) is 0 Å². The molecule has 1 aliphatic rings. The first-order chi connectivity index (χ1) is 14.8. The van der Waals surface area contributed by atoms with Gasteiger partial charge in [0.1, 0.15) is 6.04 Å². The number of nitrogens with one attached hydrogen (secondary N) is 1. The Bertz CT molecular complexity index is 1320. The van der Waals surface area contributed by atoms with Crippen LogP contribution in [0.5, 0.6) is 0 Å². The molecule has 6 rings (SSSR count). The van der Waals surface area contributed by atoms with E-state index >= 15 is 0 Å². The molecule has 0 saturated heterocycles. The predicted octanol–water partition coefficient (Wildman–Crippen LogP) is 2.79. The summed E-state index contributed by atoms with van der Waals surface area (Å²) in [6, 6.07) is 10.7. The van der Waals surface area contributed by atoms with E-state index in [1.165, 1.54) is 18.3 Å². The molecule has 0 spiro atoms. The highest BCUT2D eigenvalue weighted by atomic mass is 19.1. The van der Waals surface area contributed by atoms with Crippen LogP contribution in [0, 0.1) is 5.82 Å². The van der Waals surface area contributed by atoms with Crippen molar-refractivity contribution in [2.24, 2.45) is 0 Å². The van der Waals surface area contributed by atoms with Gasteiger partial charge < -0.3 is 14.3 Å². The summed E-state index contributed by atoms with van der Waals surface area (Å²) in [6.07, 6.45) is 5.79. The summed E-state index contributed by atoms with van der Waals surface area (Å²) in [5.41, 5.74) is 3.70. The van der Waals surface area contributed by atoms with E-state index in [4.69, 9.17) is 9.52 Å². The van der Waals surface area contributed by atoms with Gasteiger partial charge in [0.15, 0.2) is 11.5 Å². The second kappa shape index (κ2) is 6.48. The average molecular weight is 402 g/mol. The number of imidazole rings is 1. The zero-order chi connectivity index (χ0) is 20.1. The van der Waals surface area contributed by atoms with Crippen LogP contribution in [0.1, 0.15) is 23.1 Å². The van der Waals surface area contributed by atoms with Crippen molar-refractivity contribution in [2.45, 2.75) is 12.5 Å². The molecule has 10 heteroatoms. The number of nitrogens with zero attached hydrogens (tertiary/aromatic N) is 7. The van der Waals surface area contributed by atoms with Crippen LogP contribution in [0.4, 0.5) is 10.4 Å². The van der Waals surface area contributed by atoms with Gasteiger partial charge in [-0.15, -0.1) is 5.10 Å². The Balaban J connectivity index is 1.45. The SMILES string of the molecule is Fc1cccnc1-c1nnc(N2CCc3[nH]cnc3[C@H]2c2cc3ccccn3n2)o1. The molecule has 148 valence electrons. The number of fused-ring (bicyclic) bond motifs is 2. The molecule has 0 radical (unpaired) electrons. The maximum Gasteiger partial charge on any atom is 0.319 e. The van der Waals surface area contributed by atoms with Crippen molar-refractivity contribution in [1.82, 2.24) is 34.8 Å². The van der Waals surface area contributed by atoms with Gasteiger partial charge in [0.2, 0.25) is 0 Å². The van der Waals surface area contributed by atoms with Crippen molar-refractivity contribution < 1.29 is 8.81 Å². The summed E-state index contributed by atoms with van der Waals surface area (Å²) in [5.74, 6) is -0.484. The standard InChI is InChI=1S/C20H15FN8O/c21-13-5-3-7-22-16(13)19-25-26-20(30-19)28-9-6-14-17(24-11-23-14)18(28)15-10-12-4-1-2-8-29(12)27-15/h1-5,7-8,10-11,18H,6,9H2,(H,23,24)/t18-/m1/s1. The fourth-order valence-electron chi connectivity index (χ4n) is 3.84. The lowest BCUT2D eigenvalue weighted by atomic mass is 10.0. The van der Waals surface area contributed by atoms with Crippen molar-refractivity contribution in [3.05, 3.63) is 78.0 Å². The average Bonchev–Trinajstić information content (AvgIpc) is 3.51. The third kappa shape index (κ3) is 2.57. The fourth-order valence-corrected chi connectivity index (χ4v) is 3.84. The largest absolute Gasteiger partial charge is 0.401 e. The molecule has 0 aromatic carbocycles. The molecule has 1 N–H and O–H groups in total. The monoisotopic (exact) mass is 402 g/mol. The summed E-state index contributed by atoms with van der Waals surface area (Å²) < 4.78 is 21.8. The van der Waals surface area contributed by atoms with E-state index in [1.54, 1.807) is 6.33 Å². The Kier molecular flexibility index (Phi) is 3.63. The van der Waals surface area contributed by atoms with Gasteiger partial charge in [-0.1, -0.05) is 11.2 Å². The molecule has 0 aliphatic carbocycles. The Morgan fingerprint density at radius 3 is 3.00 bits per heavy atom. The minimum absolute atomic E-state index is 0.0259. The molecule has 5 aromatic rings. The topological polar surface area (TPSA) is 101 Å². The summed E-state index contributed by atoms with van der Waals surface area (Å²) >= 11 is 0. The Hall–Kier alpha value is -4.08. The van der Waals surface area contributed by atoms with E-state index in [2.05, 4.69) is 25.1 Å². The highest BCUT2D eigenvalue weighted by Gasteiger charge is 2.36. The van der Waals surface area contributed by atoms with Gasteiger partial charge in [0, 0.05) is 31.1 Å². The van der Waals surface area contributed by atoms with Crippen LogP contribution in [-0.4, -0.2) is 41.3 Å². The minimum atomic E-state index is -0.516.